The Morgan fingerprint density at radius 2 is 1.81 bits per heavy atom. The van der Waals surface area contributed by atoms with Crippen LogP contribution in [0.25, 0.3) is 0 Å². The van der Waals surface area contributed by atoms with E-state index in [1.165, 1.54) is 6.42 Å². The van der Waals surface area contributed by atoms with Crippen LogP contribution >= 0.6 is 0 Å². The maximum absolute atomic E-state index is 12.3. The summed E-state index contributed by atoms with van der Waals surface area (Å²) < 4.78 is 5.10. The predicted octanol–water partition coefficient (Wildman–Crippen LogP) is 2.46. The van der Waals surface area contributed by atoms with Crippen LogP contribution in [0.1, 0.15) is 51.0 Å². The van der Waals surface area contributed by atoms with Crippen molar-refractivity contribution in [3.05, 3.63) is 35.9 Å². The van der Waals surface area contributed by atoms with E-state index in [1.54, 1.807) is 0 Å². The third-order valence-electron chi connectivity index (χ3n) is 4.89. The highest BCUT2D eigenvalue weighted by atomic mass is 16.5. The lowest BCUT2D eigenvalue weighted by molar-refractivity contribution is -0.153. The molecule has 1 aliphatic carbocycles. The molecule has 1 N–H and O–H groups in total. The quantitative estimate of drug-likeness (QED) is 0.674. The van der Waals surface area contributed by atoms with Gasteiger partial charge in [-0.15, -0.1) is 0 Å². The Morgan fingerprint density at radius 1 is 1.11 bits per heavy atom. The van der Waals surface area contributed by atoms with Gasteiger partial charge in [0, 0.05) is 19.1 Å². The minimum atomic E-state index is -0.469. The first-order valence-electron chi connectivity index (χ1n) is 9.86. The van der Waals surface area contributed by atoms with E-state index < -0.39 is 5.97 Å². The Bertz CT molecular complexity index is 612. The number of esters is 1. The summed E-state index contributed by atoms with van der Waals surface area (Å²) in [6.07, 6.45) is 5.92. The Morgan fingerprint density at radius 3 is 2.48 bits per heavy atom. The summed E-state index contributed by atoms with van der Waals surface area (Å²) in [5.74, 6) is -0.742. The van der Waals surface area contributed by atoms with Gasteiger partial charge in [-0.2, -0.15) is 0 Å². The third kappa shape index (κ3) is 7.41. The van der Waals surface area contributed by atoms with E-state index in [2.05, 4.69) is 5.32 Å². The van der Waals surface area contributed by atoms with Crippen LogP contribution in [0, 0.1) is 0 Å². The van der Waals surface area contributed by atoms with Crippen molar-refractivity contribution in [3.8, 4) is 0 Å². The van der Waals surface area contributed by atoms with Crippen molar-refractivity contribution < 1.29 is 19.1 Å². The molecule has 0 spiro atoms. The summed E-state index contributed by atoms with van der Waals surface area (Å²) in [4.78, 5) is 37.8. The van der Waals surface area contributed by atoms with E-state index in [9.17, 15) is 14.4 Å². The highest BCUT2D eigenvalue weighted by molar-refractivity contribution is 5.81. The van der Waals surface area contributed by atoms with Gasteiger partial charge in [0.2, 0.25) is 5.91 Å². The fraction of sp³-hybridized carbons (Fsp3) is 0.571. The van der Waals surface area contributed by atoms with Gasteiger partial charge >= 0.3 is 5.97 Å². The van der Waals surface area contributed by atoms with E-state index >= 15 is 0 Å². The second-order valence-electron chi connectivity index (χ2n) is 6.89. The molecule has 0 aliphatic heterocycles. The van der Waals surface area contributed by atoms with Gasteiger partial charge in [-0.25, -0.2) is 0 Å². The van der Waals surface area contributed by atoms with Crippen molar-refractivity contribution in [3.63, 3.8) is 0 Å². The second kappa shape index (κ2) is 11.4. The number of carbonyl (C=O) groups is 3. The molecule has 148 valence electrons. The molecule has 0 saturated heterocycles. The zero-order valence-corrected chi connectivity index (χ0v) is 16.1. The molecule has 1 saturated carbocycles. The van der Waals surface area contributed by atoms with Gasteiger partial charge in [0.05, 0.1) is 12.8 Å². The molecular formula is C21H30N2O4. The molecule has 0 unspecified atom stereocenters. The van der Waals surface area contributed by atoms with Gasteiger partial charge < -0.3 is 15.0 Å². The van der Waals surface area contributed by atoms with E-state index in [0.29, 0.717) is 6.54 Å². The summed E-state index contributed by atoms with van der Waals surface area (Å²) in [5.41, 5.74) is 0.922. The summed E-state index contributed by atoms with van der Waals surface area (Å²) in [7, 11) is 0. The van der Waals surface area contributed by atoms with E-state index in [-0.39, 0.29) is 43.8 Å². The van der Waals surface area contributed by atoms with Crippen LogP contribution in [0.2, 0.25) is 0 Å². The SMILES string of the molecule is CCN(C(=O)COC(=O)CCNC(=O)Cc1ccccc1)C1CCCCC1. The van der Waals surface area contributed by atoms with Gasteiger partial charge in [0.25, 0.3) is 5.91 Å². The zero-order valence-electron chi connectivity index (χ0n) is 16.1. The monoisotopic (exact) mass is 374 g/mol. The summed E-state index contributed by atoms with van der Waals surface area (Å²) in [6.45, 7) is 2.58. The number of hydrogen-bond acceptors (Lipinski definition) is 4. The van der Waals surface area contributed by atoms with Crippen molar-refractivity contribution in [1.82, 2.24) is 10.2 Å². The van der Waals surface area contributed by atoms with Crippen molar-refractivity contribution in [2.75, 3.05) is 19.7 Å². The molecule has 0 heterocycles. The van der Waals surface area contributed by atoms with Crippen LogP contribution in [-0.4, -0.2) is 48.4 Å². The van der Waals surface area contributed by atoms with Crippen LogP contribution in [0.4, 0.5) is 0 Å². The Balaban J connectivity index is 1.63. The van der Waals surface area contributed by atoms with Crippen LogP contribution in [-0.2, 0) is 25.5 Å². The standard InChI is InChI=1S/C21H30N2O4/c1-2-23(18-11-7-4-8-12-18)20(25)16-27-21(26)13-14-22-19(24)15-17-9-5-3-6-10-17/h3,5-6,9-10,18H,2,4,7-8,11-16H2,1H3,(H,22,24). The topological polar surface area (TPSA) is 75.7 Å². The van der Waals surface area contributed by atoms with Gasteiger partial charge in [0.15, 0.2) is 6.61 Å². The lowest BCUT2D eigenvalue weighted by Gasteiger charge is -2.33. The molecule has 0 bridgehead atoms. The number of ether oxygens (including phenoxy) is 1. The summed E-state index contributed by atoms with van der Waals surface area (Å²) >= 11 is 0. The second-order valence-corrected chi connectivity index (χ2v) is 6.89. The van der Waals surface area contributed by atoms with E-state index in [1.807, 2.05) is 42.2 Å². The number of nitrogens with one attached hydrogen (secondary N) is 1. The molecule has 1 fully saturated rings. The number of nitrogens with zero attached hydrogens (tertiary/aromatic N) is 1. The molecule has 0 radical (unpaired) electrons. The molecule has 0 aromatic heterocycles. The van der Waals surface area contributed by atoms with Crippen LogP contribution in [0.3, 0.4) is 0 Å². The Hall–Kier alpha value is -2.37. The maximum atomic E-state index is 12.3. The van der Waals surface area contributed by atoms with Gasteiger partial charge in [-0.1, -0.05) is 49.6 Å². The molecule has 2 amide bonds. The molecule has 0 atom stereocenters. The largest absolute Gasteiger partial charge is 0.456 e. The molecule has 1 aromatic carbocycles. The van der Waals surface area contributed by atoms with Crippen molar-refractivity contribution in [1.29, 1.82) is 0 Å². The number of benzene rings is 1. The predicted molar refractivity (Wildman–Crippen MR) is 103 cm³/mol. The number of amides is 2. The molecular weight excluding hydrogens is 344 g/mol. The van der Waals surface area contributed by atoms with Crippen LogP contribution in [0.15, 0.2) is 30.3 Å². The number of carbonyl (C=O) groups excluding carboxylic acids is 3. The van der Waals surface area contributed by atoms with Crippen LogP contribution in [0.5, 0.6) is 0 Å². The van der Waals surface area contributed by atoms with Crippen molar-refractivity contribution in [2.24, 2.45) is 0 Å². The first-order valence-corrected chi connectivity index (χ1v) is 9.86. The Labute approximate surface area is 161 Å². The minimum absolute atomic E-state index is 0.0589. The van der Waals surface area contributed by atoms with E-state index in [0.717, 1.165) is 31.2 Å². The molecule has 1 aliphatic rings. The average Bonchev–Trinajstić information content (AvgIpc) is 2.68. The van der Waals surface area contributed by atoms with Crippen LogP contribution < -0.4 is 5.32 Å². The lowest BCUT2D eigenvalue weighted by atomic mass is 9.94. The molecule has 6 nitrogen and oxygen atoms in total. The molecule has 27 heavy (non-hydrogen) atoms. The Kier molecular flexibility index (Phi) is 8.81. The number of likely N-dealkylation sites (N-methyl/N-ethyl adjacent to an activating group) is 1. The molecule has 6 heteroatoms. The van der Waals surface area contributed by atoms with Gasteiger partial charge in [-0.05, 0) is 25.3 Å². The van der Waals surface area contributed by atoms with E-state index in [4.69, 9.17) is 4.74 Å². The maximum Gasteiger partial charge on any atom is 0.308 e. The lowest BCUT2D eigenvalue weighted by Crippen LogP contribution is -2.43. The van der Waals surface area contributed by atoms with Gasteiger partial charge in [0.1, 0.15) is 0 Å². The zero-order chi connectivity index (χ0) is 19.5. The normalized spacial score (nSPS) is 14.4. The number of hydrogen-bond donors (Lipinski definition) is 1. The summed E-state index contributed by atoms with van der Waals surface area (Å²) in [5, 5.41) is 2.70. The highest BCUT2D eigenvalue weighted by Gasteiger charge is 2.24. The smallest absolute Gasteiger partial charge is 0.308 e. The first-order chi connectivity index (χ1) is 13.1. The molecule has 1 aromatic rings. The number of rotatable bonds is 9. The minimum Gasteiger partial charge on any atom is -0.456 e. The summed E-state index contributed by atoms with van der Waals surface area (Å²) in [6, 6.07) is 9.68. The van der Waals surface area contributed by atoms with Crippen molar-refractivity contribution >= 4 is 17.8 Å². The molecule has 2 rings (SSSR count). The van der Waals surface area contributed by atoms with Gasteiger partial charge in [-0.3, -0.25) is 14.4 Å². The fourth-order valence-electron chi connectivity index (χ4n) is 3.48. The average molecular weight is 374 g/mol. The highest BCUT2D eigenvalue weighted by Crippen LogP contribution is 2.22. The first kappa shape index (κ1) is 20.9. The third-order valence-corrected chi connectivity index (χ3v) is 4.89. The van der Waals surface area contributed by atoms with Crippen molar-refractivity contribution in [2.45, 2.75) is 57.9 Å². The fourth-order valence-corrected chi connectivity index (χ4v) is 3.48.